The van der Waals surface area contributed by atoms with E-state index in [1.54, 1.807) is 24.3 Å². The van der Waals surface area contributed by atoms with Gasteiger partial charge in [0.15, 0.2) is 0 Å². The molecule has 0 aliphatic rings. The molecule has 0 aliphatic heterocycles. The van der Waals surface area contributed by atoms with E-state index in [9.17, 15) is 4.79 Å². The predicted molar refractivity (Wildman–Crippen MR) is 75.6 cm³/mol. The number of nitrogen functional groups attached to an aromatic ring is 1. The highest BCUT2D eigenvalue weighted by atomic mass is 35.5. The van der Waals surface area contributed by atoms with E-state index in [-0.39, 0.29) is 17.0 Å². The first-order chi connectivity index (χ1) is 9.02. The van der Waals surface area contributed by atoms with Crippen LogP contribution < -0.4 is 11.3 Å². The lowest BCUT2D eigenvalue weighted by Gasteiger charge is -2.08. The van der Waals surface area contributed by atoms with Crippen LogP contribution in [-0.2, 0) is 6.54 Å². The van der Waals surface area contributed by atoms with Gasteiger partial charge in [0.25, 0.3) is 5.56 Å². The van der Waals surface area contributed by atoms with Gasteiger partial charge in [0.2, 0.25) is 0 Å². The fraction of sp³-hybridized carbons (Fsp3) is 0.154. The maximum absolute atomic E-state index is 11.9. The van der Waals surface area contributed by atoms with Crippen LogP contribution in [0.4, 0.5) is 0 Å². The summed E-state index contributed by atoms with van der Waals surface area (Å²) < 4.78 is 1.29. The van der Waals surface area contributed by atoms with E-state index in [2.05, 4.69) is 5.10 Å². The summed E-state index contributed by atoms with van der Waals surface area (Å²) in [6, 6.07) is 8.62. The summed E-state index contributed by atoms with van der Waals surface area (Å²) in [5, 5.41) is 12.3. The van der Waals surface area contributed by atoms with Gasteiger partial charge in [-0.05, 0) is 25.1 Å². The van der Waals surface area contributed by atoms with Crippen LogP contribution in [0.15, 0.2) is 35.1 Å². The van der Waals surface area contributed by atoms with Crippen LogP contribution in [0.2, 0.25) is 5.02 Å². The van der Waals surface area contributed by atoms with E-state index in [0.29, 0.717) is 17.3 Å². The lowest BCUT2D eigenvalue weighted by Crippen LogP contribution is -2.31. The summed E-state index contributed by atoms with van der Waals surface area (Å²) in [7, 11) is 0. The maximum atomic E-state index is 11.9. The molecule has 1 heterocycles. The molecular weight excluding hydrogens is 264 g/mol. The van der Waals surface area contributed by atoms with Crippen LogP contribution in [0.1, 0.15) is 12.5 Å². The third-order valence-corrected chi connectivity index (χ3v) is 2.96. The number of amidine groups is 1. The van der Waals surface area contributed by atoms with Crippen molar-refractivity contribution in [2.75, 3.05) is 0 Å². The number of rotatable bonds is 3. The highest BCUT2D eigenvalue weighted by Gasteiger charge is 2.11. The molecule has 0 aliphatic carbocycles. The van der Waals surface area contributed by atoms with Crippen LogP contribution in [0.3, 0.4) is 0 Å². The largest absolute Gasteiger partial charge is 0.384 e. The zero-order valence-electron chi connectivity index (χ0n) is 10.4. The maximum Gasteiger partial charge on any atom is 0.277 e. The third-order valence-electron chi connectivity index (χ3n) is 2.70. The summed E-state index contributed by atoms with van der Waals surface area (Å²) >= 11 is 5.83. The first-order valence-electron chi connectivity index (χ1n) is 5.75. The Morgan fingerprint density at radius 3 is 2.58 bits per heavy atom. The minimum atomic E-state index is -0.354. The number of aryl methyl sites for hydroxylation is 1. The van der Waals surface area contributed by atoms with Crippen molar-refractivity contribution in [2.24, 2.45) is 5.73 Å². The Bertz CT molecular complexity index is 676. The van der Waals surface area contributed by atoms with Crippen LogP contribution in [0.5, 0.6) is 0 Å². The Kier molecular flexibility index (Phi) is 3.66. The van der Waals surface area contributed by atoms with Crippen molar-refractivity contribution in [2.45, 2.75) is 13.5 Å². The van der Waals surface area contributed by atoms with Crippen LogP contribution in [0.25, 0.3) is 11.3 Å². The molecule has 0 amide bonds. The molecule has 6 heteroatoms. The van der Waals surface area contributed by atoms with Gasteiger partial charge in [-0.15, -0.1) is 0 Å². The third kappa shape index (κ3) is 2.66. The molecule has 0 unspecified atom stereocenters. The summed E-state index contributed by atoms with van der Waals surface area (Å²) in [5.41, 5.74) is 6.63. The molecule has 0 atom stereocenters. The highest BCUT2D eigenvalue weighted by Crippen LogP contribution is 2.19. The number of benzene rings is 1. The van der Waals surface area contributed by atoms with E-state index in [1.807, 2.05) is 6.92 Å². The first kappa shape index (κ1) is 13.3. The molecule has 5 nitrogen and oxygen atoms in total. The second kappa shape index (κ2) is 5.24. The minimum absolute atomic E-state index is 0.154. The SMILES string of the molecule is CCn1nc(-c2ccc(Cl)cc2)cc(C(=N)N)c1=O. The van der Waals surface area contributed by atoms with Crippen molar-refractivity contribution in [1.82, 2.24) is 9.78 Å². The van der Waals surface area contributed by atoms with Gasteiger partial charge >= 0.3 is 0 Å². The number of hydrogen-bond donors (Lipinski definition) is 2. The fourth-order valence-electron chi connectivity index (χ4n) is 1.71. The molecule has 0 fully saturated rings. The Morgan fingerprint density at radius 2 is 2.05 bits per heavy atom. The van der Waals surface area contributed by atoms with E-state index in [4.69, 9.17) is 22.7 Å². The average Bonchev–Trinajstić information content (AvgIpc) is 2.39. The summed E-state index contributed by atoms with van der Waals surface area (Å²) in [6.45, 7) is 2.23. The molecule has 0 bridgehead atoms. The average molecular weight is 277 g/mol. The molecule has 2 rings (SSSR count). The number of nitrogens with zero attached hydrogens (tertiary/aromatic N) is 2. The standard InChI is InChI=1S/C13H13ClN4O/c1-2-18-13(19)10(12(15)16)7-11(17-18)8-3-5-9(14)6-4-8/h3-7H,2H2,1H3,(H3,15,16). The topological polar surface area (TPSA) is 84.8 Å². The molecule has 0 radical (unpaired) electrons. The fourth-order valence-corrected chi connectivity index (χ4v) is 1.84. The Hall–Kier alpha value is -2.14. The second-order valence-corrected chi connectivity index (χ2v) is 4.42. The molecule has 3 N–H and O–H groups in total. The van der Waals surface area contributed by atoms with Gasteiger partial charge in [-0.1, -0.05) is 23.7 Å². The summed E-state index contributed by atoms with van der Waals surface area (Å²) in [5.74, 6) is -0.259. The number of nitrogens with one attached hydrogen (secondary N) is 1. The van der Waals surface area contributed by atoms with Crippen molar-refractivity contribution in [3.05, 3.63) is 51.3 Å². The molecule has 2 aromatic rings. The lowest BCUT2D eigenvalue weighted by molar-refractivity contribution is 0.617. The molecule has 98 valence electrons. The Morgan fingerprint density at radius 1 is 1.42 bits per heavy atom. The Labute approximate surface area is 115 Å². The van der Waals surface area contributed by atoms with Crippen LogP contribution in [0, 0.1) is 5.41 Å². The van der Waals surface area contributed by atoms with Crippen molar-refractivity contribution < 1.29 is 0 Å². The number of nitrogens with two attached hydrogens (primary N) is 1. The highest BCUT2D eigenvalue weighted by molar-refractivity contribution is 6.30. The van der Waals surface area contributed by atoms with Gasteiger partial charge in [-0.2, -0.15) is 5.10 Å². The van der Waals surface area contributed by atoms with Gasteiger partial charge in [0, 0.05) is 17.1 Å². The molecule has 1 aromatic carbocycles. The lowest BCUT2D eigenvalue weighted by atomic mass is 10.1. The van der Waals surface area contributed by atoms with Gasteiger partial charge in [-0.3, -0.25) is 10.2 Å². The first-order valence-corrected chi connectivity index (χ1v) is 6.13. The van der Waals surface area contributed by atoms with Gasteiger partial charge in [0.1, 0.15) is 5.84 Å². The predicted octanol–water partition coefficient (Wildman–Crippen LogP) is 1.87. The zero-order chi connectivity index (χ0) is 14.0. The number of hydrogen-bond acceptors (Lipinski definition) is 3. The molecular formula is C13H13ClN4O. The van der Waals surface area contributed by atoms with Gasteiger partial charge in [0.05, 0.1) is 11.3 Å². The van der Waals surface area contributed by atoms with Crippen molar-refractivity contribution in [3.8, 4) is 11.3 Å². The summed E-state index contributed by atoms with van der Waals surface area (Å²) in [6.07, 6.45) is 0. The Balaban J connectivity index is 2.64. The monoisotopic (exact) mass is 276 g/mol. The van der Waals surface area contributed by atoms with Crippen LogP contribution in [-0.4, -0.2) is 15.6 Å². The van der Waals surface area contributed by atoms with Crippen molar-refractivity contribution in [3.63, 3.8) is 0 Å². The van der Waals surface area contributed by atoms with E-state index in [1.165, 1.54) is 10.7 Å². The van der Waals surface area contributed by atoms with Crippen molar-refractivity contribution in [1.29, 1.82) is 5.41 Å². The normalized spacial score (nSPS) is 10.4. The smallest absolute Gasteiger partial charge is 0.277 e. The number of halogens is 1. The van der Waals surface area contributed by atoms with Crippen molar-refractivity contribution >= 4 is 17.4 Å². The van der Waals surface area contributed by atoms with Crippen LogP contribution >= 0.6 is 11.6 Å². The molecule has 0 saturated heterocycles. The van der Waals surface area contributed by atoms with E-state index < -0.39 is 0 Å². The van der Waals surface area contributed by atoms with Gasteiger partial charge < -0.3 is 5.73 Å². The number of aromatic nitrogens is 2. The molecule has 0 saturated carbocycles. The second-order valence-electron chi connectivity index (χ2n) is 3.98. The van der Waals surface area contributed by atoms with E-state index >= 15 is 0 Å². The quantitative estimate of drug-likeness (QED) is 0.663. The molecule has 1 aromatic heterocycles. The molecule has 19 heavy (non-hydrogen) atoms. The van der Waals surface area contributed by atoms with Gasteiger partial charge in [-0.25, -0.2) is 4.68 Å². The molecule has 0 spiro atoms. The zero-order valence-corrected chi connectivity index (χ0v) is 11.1. The summed E-state index contributed by atoms with van der Waals surface area (Å²) in [4.78, 5) is 11.9. The minimum Gasteiger partial charge on any atom is -0.384 e. The van der Waals surface area contributed by atoms with E-state index in [0.717, 1.165) is 5.56 Å².